The molecule has 0 unspecified atom stereocenters. The second-order valence-corrected chi connectivity index (χ2v) is 5.38. The van der Waals surface area contributed by atoms with Crippen molar-refractivity contribution in [3.05, 3.63) is 51.8 Å². The molecule has 1 aromatic heterocycles. The fourth-order valence-corrected chi connectivity index (χ4v) is 2.15. The summed E-state index contributed by atoms with van der Waals surface area (Å²) in [6.45, 7) is 0.719. The molecule has 6 nitrogen and oxygen atoms in total. The number of halogens is 2. The minimum absolute atomic E-state index is 0.132. The van der Waals surface area contributed by atoms with E-state index in [0.29, 0.717) is 34.6 Å². The van der Waals surface area contributed by atoms with Gasteiger partial charge >= 0.3 is 5.97 Å². The largest absolute Gasteiger partial charge is 0.492 e. The molecule has 8 heteroatoms. The Hall–Kier alpha value is -2.49. The maximum atomic E-state index is 11.8. The molecular formula is C16H13Cl2N3O3. The van der Waals surface area contributed by atoms with Gasteiger partial charge in [-0.1, -0.05) is 23.2 Å². The summed E-state index contributed by atoms with van der Waals surface area (Å²) >= 11 is 11.7. The monoisotopic (exact) mass is 365 g/mol. The third kappa shape index (κ3) is 4.51. The van der Waals surface area contributed by atoms with E-state index < -0.39 is 5.97 Å². The minimum atomic E-state index is -0.554. The molecule has 0 aliphatic heterocycles. The van der Waals surface area contributed by atoms with Crippen LogP contribution in [0.4, 0.5) is 5.69 Å². The van der Waals surface area contributed by atoms with Crippen LogP contribution in [0, 0.1) is 11.3 Å². The first-order valence-electron chi connectivity index (χ1n) is 6.85. The summed E-state index contributed by atoms with van der Waals surface area (Å²) in [6.07, 6.45) is 1.41. The number of carbonyl (C=O) groups excluding carboxylic acids is 1. The number of carbonyl (C=O) groups is 1. The zero-order valence-electron chi connectivity index (χ0n) is 12.7. The Balaban J connectivity index is 1.97. The number of benzene rings is 1. The summed E-state index contributed by atoms with van der Waals surface area (Å²) < 4.78 is 10.2. The molecule has 0 aliphatic rings. The number of aromatic nitrogens is 1. The number of anilines is 1. The highest BCUT2D eigenvalue weighted by Gasteiger charge is 2.13. The molecule has 24 heavy (non-hydrogen) atoms. The molecule has 0 amide bonds. The van der Waals surface area contributed by atoms with E-state index in [9.17, 15) is 4.79 Å². The molecule has 124 valence electrons. The molecule has 2 aromatic rings. The zero-order chi connectivity index (χ0) is 17.5. The second-order valence-electron chi connectivity index (χ2n) is 4.57. The van der Waals surface area contributed by atoms with Crippen molar-refractivity contribution in [1.82, 2.24) is 4.98 Å². The third-order valence-electron chi connectivity index (χ3n) is 3.00. The normalized spacial score (nSPS) is 9.92. The Labute approximate surface area is 148 Å². The van der Waals surface area contributed by atoms with E-state index in [-0.39, 0.29) is 11.3 Å². The van der Waals surface area contributed by atoms with E-state index >= 15 is 0 Å². The van der Waals surface area contributed by atoms with E-state index in [2.05, 4.69) is 10.3 Å². The molecule has 0 saturated heterocycles. The predicted molar refractivity (Wildman–Crippen MR) is 90.7 cm³/mol. The Kier molecular flexibility index (Phi) is 6.24. The van der Waals surface area contributed by atoms with E-state index in [4.69, 9.17) is 37.9 Å². The first-order chi connectivity index (χ1) is 11.5. The molecule has 0 bridgehead atoms. The van der Waals surface area contributed by atoms with Gasteiger partial charge in [0.25, 0.3) is 0 Å². The van der Waals surface area contributed by atoms with Gasteiger partial charge in [0.1, 0.15) is 24.1 Å². The number of esters is 1. The molecule has 2 rings (SSSR count). The standard InChI is InChI=1S/C16H13Cl2N3O3/c1-23-16(22)12-6-10(8-19)21-9-15(12)20-4-5-24-11-2-3-13(17)14(18)7-11/h2-3,6-7,9,20H,4-5H2,1H3. The van der Waals surface area contributed by atoms with Crippen molar-refractivity contribution in [3.63, 3.8) is 0 Å². The number of nitrogens with zero attached hydrogens (tertiary/aromatic N) is 2. The third-order valence-corrected chi connectivity index (χ3v) is 3.74. The summed E-state index contributed by atoms with van der Waals surface area (Å²) in [5.74, 6) is 0.0270. The van der Waals surface area contributed by atoms with Crippen LogP contribution in [0.5, 0.6) is 5.75 Å². The van der Waals surface area contributed by atoms with Crippen LogP contribution in [0.3, 0.4) is 0 Å². The van der Waals surface area contributed by atoms with E-state index in [0.717, 1.165) is 0 Å². The molecule has 0 radical (unpaired) electrons. The predicted octanol–water partition coefficient (Wildman–Crippen LogP) is 3.54. The molecule has 0 aliphatic carbocycles. The van der Waals surface area contributed by atoms with Crippen LogP contribution in [0.1, 0.15) is 16.1 Å². The highest BCUT2D eigenvalue weighted by atomic mass is 35.5. The molecule has 1 heterocycles. The summed E-state index contributed by atoms with van der Waals surface area (Å²) in [5, 5.41) is 12.7. The lowest BCUT2D eigenvalue weighted by molar-refractivity contribution is 0.0601. The average Bonchev–Trinajstić information content (AvgIpc) is 2.61. The number of nitrogens with one attached hydrogen (secondary N) is 1. The smallest absolute Gasteiger partial charge is 0.340 e. The summed E-state index contributed by atoms with van der Waals surface area (Å²) in [7, 11) is 1.27. The summed E-state index contributed by atoms with van der Waals surface area (Å²) in [6, 6.07) is 8.22. The number of hydrogen-bond donors (Lipinski definition) is 1. The van der Waals surface area contributed by atoms with Crippen molar-refractivity contribution >= 4 is 34.9 Å². The molecule has 0 fully saturated rings. The number of pyridine rings is 1. The molecular weight excluding hydrogens is 353 g/mol. The Morgan fingerprint density at radius 3 is 2.79 bits per heavy atom. The van der Waals surface area contributed by atoms with Crippen molar-refractivity contribution in [2.75, 3.05) is 25.6 Å². The Bertz CT molecular complexity index is 791. The SMILES string of the molecule is COC(=O)c1cc(C#N)ncc1NCCOc1ccc(Cl)c(Cl)c1. The molecule has 0 saturated carbocycles. The Morgan fingerprint density at radius 1 is 1.33 bits per heavy atom. The van der Waals surface area contributed by atoms with Gasteiger partial charge in [0.2, 0.25) is 0 Å². The maximum Gasteiger partial charge on any atom is 0.340 e. The van der Waals surface area contributed by atoms with Gasteiger partial charge in [-0.3, -0.25) is 0 Å². The minimum Gasteiger partial charge on any atom is -0.492 e. The number of hydrogen-bond acceptors (Lipinski definition) is 6. The Morgan fingerprint density at radius 2 is 2.12 bits per heavy atom. The first kappa shape index (κ1) is 17.9. The summed E-state index contributed by atoms with van der Waals surface area (Å²) in [5.41, 5.74) is 0.824. The molecule has 1 aromatic carbocycles. The van der Waals surface area contributed by atoms with Gasteiger partial charge in [0.05, 0.1) is 34.6 Å². The quantitative estimate of drug-likeness (QED) is 0.622. The van der Waals surface area contributed by atoms with Gasteiger partial charge in [-0.25, -0.2) is 9.78 Å². The average molecular weight is 366 g/mol. The molecule has 0 atom stereocenters. The van der Waals surface area contributed by atoms with Crippen LogP contribution in [0.25, 0.3) is 0 Å². The van der Waals surface area contributed by atoms with Crippen molar-refractivity contribution in [2.45, 2.75) is 0 Å². The lowest BCUT2D eigenvalue weighted by atomic mass is 10.2. The second kappa shape index (κ2) is 8.39. The van der Waals surface area contributed by atoms with E-state index in [1.807, 2.05) is 6.07 Å². The van der Waals surface area contributed by atoms with Crippen LogP contribution in [0.2, 0.25) is 10.0 Å². The number of ether oxygens (including phenoxy) is 2. The lowest BCUT2D eigenvalue weighted by Crippen LogP contribution is -2.15. The number of rotatable bonds is 6. The zero-order valence-corrected chi connectivity index (χ0v) is 14.2. The van der Waals surface area contributed by atoms with Crippen molar-refractivity contribution in [3.8, 4) is 11.8 Å². The van der Waals surface area contributed by atoms with Crippen molar-refractivity contribution in [2.24, 2.45) is 0 Å². The van der Waals surface area contributed by atoms with Crippen LogP contribution < -0.4 is 10.1 Å². The van der Waals surface area contributed by atoms with E-state index in [1.54, 1.807) is 18.2 Å². The molecule has 1 N–H and O–H groups in total. The van der Waals surface area contributed by atoms with Gasteiger partial charge in [0, 0.05) is 12.6 Å². The van der Waals surface area contributed by atoms with Gasteiger partial charge in [0.15, 0.2) is 0 Å². The molecule has 0 spiro atoms. The first-order valence-corrected chi connectivity index (χ1v) is 7.61. The van der Waals surface area contributed by atoms with E-state index in [1.165, 1.54) is 19.4 Å². The van der Waals surface area contributed by atoms with Gasteiger partial charge in [-0.15, -0.1) is 0 Å². The van der Waals surface area contributed by atoms with Crippen LogP contribution in [-0.4, -0.2) is 31.2 Å². The fraction of sp³-hybridized carbons (Fsp3) is 0.188. The maximum absolute atomic E-state index is 11.8. The summed E-state index contributed by atoms with van der Waals surface area (Å²) in [4.78, 5) is 15.7. The number of nitriles is 1. The fourth-order valence-electron chi connectivity index (χ4n) is 1.86. The van der Waals surface area contributed by atoms with Crippen LogP contribution >= 0.6 is 23.2 Å². The highest BCUT2D eigenvalue weighted by Crippen LogP contribution is 2.26. The highest BCUT2D eigenvalue weighted by molar-refractivity contribution is 6.42. The lowest BCUT2D eigenvalue weighted by Gasteiger charge is -2.11. The topological polar surface area (TPSA) is 84.2 Å². The van der Waals surface area contributed by atoms with Gasteiger partial charge in [-0.2, -0.15) is 5.26 Å². The van der Waals surface area contributed by atoms with Crippen LogP contribution in [0.15, 0.2) is 30.5 Å². The number of methoxy groups -OCH3 is 1. The van der Waals surface area contributed by atoms with Gasteiger partial charge in [-0.05, 0) is 18.2 Å². The van der Waals surface area contributed by atoms with Gasteiger partial charge < -0.3 is 14.8 Å². The van der Waals surface area contributed by atoms with Crippen molar-refractivity contribution < 1.29 is 14.3 Å². The van der Waals surface area contributed by atoms with Crippen LogP contribution in [-0.2, 0) is 4.74 Å². The van der Waals surface area contributed by atoms with Crippen molar-refractivity contribution in [1.29, 1.82) is 5.26 Å².